The number of nitriles is 1. The lowest BCUT2D eigenvalue weighted by Crippen LogP contribution is -2.20. The number of nitrogens with one attached hydrogen (secondary N) is 1. The Morgan fingerprint density at radius 3 is 2.44 bits per heavy atom. The highest BCUT2D eigenvalue weighted by Crippen LogP contribution is 2.28. The monoisotopic (exact) mass is 357 g/mol. The van der Waals surface area contributed by atoms with Gasteiger partial charge in [-0.3, -0.25) is 0 Å². The lowest BCUT2D eigenvalue weighted by Gasteiger charge is -2.18. The number of carboxylic acid groups (broad SMARTS) is 1. The average molecular weight is 357 g/mol. The quantitative estimate of drug-likeness (QED) is 0.589. The lowest BCUT2D eigenvalue weighted by atomic mass is 9.96. The van der Waals surface area contributed by atoms with E-state index in [0.717, 1.165) is 16.7 Å². The van der Waals surface area contributed by atoms with E-state index in [2.05, 4.69) is 5.32 Å². The molecule has 0 spiro atoms. The highest BCUT2D eigenvalue weighted by molar-refractivity contribution is 5.80. The summed E-state index contributed by atoms with van der Waals surface area (Å²) in [5, 5.41) is 21.7. The van der Waals surface area contributed by atoms with Crippen LogP contribution in [0.2, 0.25) is 0 Å². The first kappa shape index (κ1) is 18.0. The molecule has 0 amide bonds. The minimum atomic E-state index is -0.983. The Morgan fingerprint density at radius 1 is 1.07 bits per heavy atom. The van der Waals surface area contributed by atoms with Crippen LogP contribution in [0.5, 0.6) is 0 Å². The molecule has 0 bridgehead atoms. The van der Waals surface area contributed by atoms with Crippen molar-refractivity contribution in [3.63, 3.8) is 0 Å². The number of carboxylic acids is 1. The van der Waals surface area contributed by atoms with E-state index < -0.39 is 12.0 Å². The Morgan fingerprint density at radius 2 is 1.81 bits per heavy atom. The van der Waals surface area contributed by atoms with Crippen molar-refractivity contribution in [2.45, 2.75) is 13.0 Å². The predicted molar refractivity (Wildman–Crippen MR) is 106 cm³/mol. The number of nitrogens with two attached hydrogens (primary N) is 1. The first-order chi connectivity index (χ1) is 13.0. The number of rotatable bonds is 5. The largest absolute Gasteiger partial charge is 0.479 e. The van der Waals surface area contributed by atoms with Crippen LogP contribution in [0.1, 0.15) is 22.7 Å². The predicted octanol–water partition coefficient (Wildman–Crippen LogP) is 4.35. The summed E-state index contributed by atoms with van der Waals surface area (Å²) in [6, 6.07) is 21.0. The summed E-state index contributed by atoms with van der Waals surface area (Å²) in [6.45, 7) is 1.93. The maximum Gasteiger partial charge on any atom is 0.330 e. The Kier molecular flexibility index (Phi) is 5.09. The van der Waals surface area contributed by atoms with Gasteiger partial charge in [0.25, 0.3) is 0 Å². The van der Waals surface area contributed by atoms with Gasteiger partial charge in [-0.05, 0) is 66.1 Å². The molecule has 0 aliphatic heterocycles. The third-order valence-corrected chi connectivity index (χ3v) is 4.22. The molecule has 3 aromatic carbocycles. The first-order valence-corrected chi connectivity index (χ1v) is 8.43. The van der Waals surface area contributed by atoms with Crippen LogP contribution in [-0.4, -0.2) is 11.1 Å². The SMILES string of the molecule is Cc1cc(-c2cccc(N)c2)cc(C(Nc2ccc(C#N)cc2)C(=O)O)c1. The highest BCUT2D eigenvalue weighted by Gasteiger charge is 2.21. The maximum absolute atomic E-state index is 11.9. The van der Waals surface area contributed by atoms with Crippen molar-refractivity contribution in [1.82, 2.24) is 0 Å². The summed E-state index contributed by atoms with van der Waals surface area (Å²) < 4.78 is 0. The van der Waals surface area contributed by atoms with Gasteiger partial charge in [0.1, 0.15) is 0 Å². The minimum absolute atomic E-state index is 0.520. The number of aryl methyl sites for hydroxylation is 1. The van der Waals surface area contributed by atoms with Crippen molar-refractivity contribution < 1.29 is 9.90 Å². The van der Waals surface area contributed by atoms with Gasteiger partial charge in [-0.25, -0.2) is 4.79 Å². The fourth-order valence-corrected chi connectivity index (χ4v) is 2.96. The highest BCUT2D eigenvalue weighted by atomic mass is 16.4. The Balaban J connectivity index is 1.97. The summed E-state index contributed by atoms with van der Waals surface area (Å²) >= 11 is 0. The molecule has 0 radical (unpaired) electrons. The van der Waals surface area contributed by atoms with Gasteiger partial charge in [-0.15, -0.1) is 0 Å². The first-order valence-electron chi connectivity index (χ1n) is 8.43. The number of anilines is 2. The summed E-state index contributed by atoms with van der Waals surface area (Å²) in [4.78, 5) is 11.9. The summed E-state index contributed by atoms with van der Waals surface area (Å²) in [5.41, 5.74) is 11.1. The lowest BCUT2D eigenvalue weighted by molar-refractivity contribution is -0.138. The molecule has 0 saturated carbocycles. The molecule has 134 valence electrons. The van der Waals surface area contributed by atoms with Crippen molar-refractivity contribution in [3.05, 3.63) is 83.4 Å². The van der Waals surface area contributed by atoms with E-state index in [1.165, 1.54) is 0 Å². The Bertz CT molecular complexity index is 1020. The zero-order valence-corrected chi connectivity index (χ0v) is 14.8. The molecule has 0 fully saturated rings. The van der Waals surface area contributed by atoms with Crippen molar-refractivity contribution >= 4 is 17.3 Å². The van der Waals surface area contributed by atoms with Gasteiger partial charge in [0, 0.05) is 11.4 Å². The van der Waals surface area contributed by atoms with E-state index in [9.17, 15) is 9.90 Å². The molecule has 0 aromatic heterocycles. The van der Waals surface area contributed by atoms with E-state index in [1.807, 2.05) is 55.5 Å². The molecule has 4 N–H and O–H groups in total. The van der Waals surface area contributed by atoms with Crippen molar-refractivity contribution in [2.24, 2.45) is 0 Å². The van der Waals surface area contributed by atoms with Crippen LogP contribution in [0.15, 0.2) is 66.7 Å². The van der Waals surface area contributed by atoms with Gasteiger partial charge >= 0.3 is 5.97 Å². The molecule has 1 unspecified atom stereocenters. The van der Waals surface area contributed by atoms with Gasteiger partial charge in [0.15, 0.2) is 6.04 Å². The molecule has 3 aromatic rings. The molecule has 27 heavy (non-hydrogen) atoms. The van der Waals surface area contributed by atoms with Crippen LogP contribution >= 0.6 is 0 Å². The van der Waals surface area contributed by atoms with Gasteiger partial charge in [-0.1, -0.05) is 29.8 Å². The molecule has 0 aliphatic carbocycles. The fourth-order valence-electron chi connectivity index (χ4n) is 2.96. The van der Waals surface area contributed by atoms with Crippen molar-refractivity contribution in [2.75, 3.05) is 11.1 Å². The maximum atomic E-state index is 11.9. The summed E-state index contributed by atoms with van der Waals surface area (Å²) in [7, 11) is 0. The normalized spacial score (nSPS) is 11.4. The fraction of sp³-hybridized carbons (Fsp3) is 0.0909. The molecule has 3 rings (SSSR count). The van der Waals surface area contributed by atoms with Crippen LogP contribution in [0, 0.1) is 18.3 Å². The second-order valence-electron chi connectivity index (χ2n) is 6.36. The van der Waals surface area contributed by atoms with Crippen LogP contribution in [-0.2, 0) is 4.79 Å². The molecule has 5 nitrogen and oxygen atoms in total. The zero-order chi connectivity index (χ0) is 19.4. The Labute approximate surface area is 157 Å². The van der Waals surface area contributed by atoms with Gasteiger partial charge < -0.3 is 16.2 Å². The number of benzene rings is 3. The minimum Gasteiger partial charge on any atom is -0.479 e. The molecule has 0 aliphatic rings. The van der Waals surface area contributed by atoms with E-state index in [4.69, 9.17) is 11.0 Å². The van der Waals surface area contributed by atoms with Crippen LogP contribution in [0.25, 0.3) is 11.1 Å². The third-order valence-electron chi connectivity index (χ3n) is 4.22. The van der Waals surface area contributed by atoms with Gasteiger partial charge in [0.05, 0.1) is 11.6 Å². The third kappa shape index (κ3) is 4.25. The summed E-state index contributed by atoms with van der Waals surface area (Å²) in [6.07, 6.45) is 0. The molecular formula is C22H19N3O2. The number of hydrogen-bond acceptors (Lipinski definition) is 4. The van der Waals surface area contributed by atoms with E-state index in [1.54, 1.807) is 24.3 Å². The standard InChI is InChI=1S/C22H19N3O2/c1-14-9-17(16-3-2-4-19(24)12-16)11-18(10-14)21(22(26)27)25-20-7-5-15(13-23)6-8-20/h2-12,21,25H,24H2,1H3,(H,26,27). The number of nitrogens with zero attached hydrogens (tertiary/aromatic N) is 1. The van der Waals surface area contributed by atoms with Gasteiger partial charge in [0.2, 0.25) is 0 Å². The smallest absolute Gasteiger partial charge is 0.330 e. The van der Waals surface area contributed by atoms with E-state index >= 15 is 0 Å². The van der Waals surface area contributed by atoms with E-state index in [0.29, 0.717) is 22.5 Å². The molecular weight excluding hydrogens is 338 g/mol. The second-order valence-corrected chi connectivity index (χ2v) is 6.36. The van der Waals surface area contributed by atoms with E-state index in [-0.39, 0.29) is 0 Å². The second kappa shape index (κ2) is 7.63. The number of carbonyl (C=O) groups is 1. The van der Waals surface area contributed by atoms with Crippen LogP contribution < -0.4 is 11.1 Å². The van der Waals surface area contributed by atoms with Crippen LogP contribution in [0.3, 0.4) is 0 Å². The topological polar surface area (TPSA) is 99.1 Å². The van der Waals surface area contributed by atoms with Crippen molar-refractivity contribution in [3.8, 4) is 17.2 Å². The number of nitrogen functional groups attached to an aromatic ring is 1. The molecule has 1 atom stereocenters. The number of hydrogen-bond donors (Lipinski definition) is 3. The zero-order valence-electron chi connectivity index (χ0n) is 14.8. The number of aliphatic carboxylic acids is 1. The van der Waals surface area contributed by atoms with Crippen LogP contribution in [0.4, 0.5) is 11.4 Å². The van der Waals surface area contributed by atoms with Gasteiger partial charge in [-0.2, -0.15) is 5.26 Å². The van der Waals surface area contributed by atoms with Crippen molar-refractivity contribution in [1.29, 1.82) is 5.26 Å². The molecule has 5 heteroatoms. The average Bonchev–Trinajstić information content (AvgIpc) is 2.66. The summed E-state index contributed by atoms with van der Waals surface area (Å²) in [5.74, 6) is -0.983. The molecule has 0 heterocycles. The molecule has 0 saturated heterocycles. The Hall–Kier alpha value is -3.78.